The molecular formula is C20H18Cl2N6O2. The van der Waals surface area contributed by atoms with Crippen LogP contribution < -0.4 is 16.0 Å². The van der Waals surface area contributed by atoms with Gasteiger partial charge in [-0.2, -0.15) is 0 Å². The highest BCUT2D eigenvalue weighted by molar-refractivity contribution is 6.36. The van der Waals surface area contributed by atoms with Crippen LogP contribution >= 0.6 is 23.2 Å². The lowest BCUT2D eigenvalue weighted by Crippen LogP contribution is -2.36. The van der Waals surface area contributed by atoms with Gasteiger partial charge in [0.2, 0.25) is 0 Å². The minimum absolute atomic E-state index is 0.00435. The summed E-state index contributed by atoms with van der Waals surface area (Å²) in [7, 11) is 0. The average Bonchev–Trinajstić information content (AvgIpc) is 2.75. The van der Waals surface area contributed by atoms with Gasteiger partial charge in [0.1, 0.15) is 0 Å². The van der Waals surface area contributed by atoms with Gasteiger partial charge in [-0.05, 0) is 24.3 Å². The van der Waals surface area contributed by atoms with E-state index in [4.69, 9.17) is 33.7 Å². The van der Waals surface area contributed by atoms with Gasteiger partial charge in [-0.25, -0.2) is 9.97 Å². The van der Waals surface area contributed by atoms with Crippen molar-refractivity contribution in [3.63, 3.8) is 0 Å². The summed E-state index contributed by atoms with van der Waals surface area (Å²) in [5, 5.41) is 3.74. The van der Waals surface area contributed by atoms with E-state index >= 15 is 0 Å². The maximum Gasteiger partial charge on any atom is 0.278 e. The van der Waals surface area contributed by atoms with E-state index in [9.17, 15) is 4.79 Å². The first-order valence-corrected chi connectivity index (χ1v) is 9.94. The van der Waals surface area contributed by atoms with Crippen LogP contribution in [0.3, 0.4) is 0 Å². The Morgan fingerprint density at radius 3 is 2.73 bits per heavy atom. The number of anilines is 3. The SMILES string of the molecule is Nc1ncc(-c2ccc(Cl)cc2Cl)nc1C(=O)Nc1cnccc1N1CCOCC1. The smallest absolute Gasteiger partial charge is 0.278 e. The maximum absolute atomic E-state index is 13.0. The van der Waals surface area contributed by atoms with Crippen LogP contribution in [0.2, 0.25) is 10.0 Å². The van der Waals surface area contributed by atoms with E-state index in [2.05, 4.69) is 25.2 Å². The number of rotatable bonds is 4. The van der Waals surface area contributed by atoms with Crippen LogP contribution in [0.5, 0.6) is 0 Å². The highest BCUT2D eigenvalue weighted by Gasteiger charge is 2.20. The molecule has 1 amide bonds. The number of nitrogens with zero attached hydrogens (tertiary/aromatic N) is 4. The van der Waals surface area contributed by atoms with E-state index < -0.39 is 5.91 Å². The Kier molecular flexibility index (Phi) is 5.98. The number of nitrogen functional groups attached to an aromatic ring is 1. The Morgan fingerprint density at radius 1 is 1.17 bits per heavy atom. The molecule has 3 heterocycles. The predicted molar refractivity (Wildman–Crippen MR) is 117 cm³/mol. The first kappa shape index (κ1) is 20.3. The predicted octanol–water partition coefficient (Wildman–Crippen LogP) is 3.52. The minimum atomic E-state index is -0.491. The Bertz CT molecular complexity index is 1090. The van der Waals surface area contributed by atoms with Crippen molar-refractivity contribution in [3.05, 3.63) is 58.6 Å². The number of aromatic nitrogens is 3. The molecule has 8 nitrogen and oxygen atoms in total. The fraction of sp³-hybridized carbons (Fsp3) is 0.200. The largest absolute Gasteiger partial charge is 0.382 e. The van der Waals surface area contributed by atoms with Crippen molar-refractivity contribution in [2.75, 3.05) is 42.3 Å². The van der Waals surface area contributed by atoms with Crippen LogP contribution in [0.1, 0.15) is 10.5 Å². The number of ether oxygens (including phenoxy) is 1. The van der Waals surface area contributed by atoms with Gasteiger partial charge in [0.25, 0.3) is 5.91 Å². The molecule has 0 saturated carbocycles. The van der Waals surface area contributed by atoms with Gasteiger partial charge in [0.05, 0.1) is 47.7 Å². The number of nitrogens with one attached hydrogen (secondary N) is 1. The maximum atomic E-state index is 13.0. The molecule has 10 heteroatoms. The monoisotopic (exact) mass is 444 g/mol. The van der Waals surface area contributed by atoms with E-state index in [-0.39, 0.29) is 11.5 Å². The summed E-state index contributed by atoms with van der Waals surface area (Å²) in [5.74, 6) is -0.479. The standard InChI is InChI=1S/C20H18Cl2N6O2/c21-12-1-2-13(14(22)9-12)15-11-25-19(23)18(26-15)20(29)27-16-10-24-4-3-17(16)28-5-7-30-8-6-28/h1-4,9-11H,5-8H2,(H2,23,25)(H,27,29). The molecule has 154 valence electrons. The van der Waals surface area contributed by atoms with Gasteiger partial charge in [-0.3, -0.25) is 9.78 Å². The molecule has 0 atom stereocenters. The van der Waals surface area contributed by atoms with Crippen molar-refractivity contribution >= 4 is 46.3 Å². The highest BCUT2D eigenvalue weighted by atomic mass is 35.5. The molecule has 1 aliphatic heterocycles. The summed E-state index contributed by atoms with van der Waals surface area (Å²) in [6.07, 6.45) is 4.73. The molecule has 0 spiro atoms. The Balaban J connectivity index is 1.63. The molecule has 1 aromatic carbocycles. The zero-order valence-corrected chi connectivity index (χ0v) is 17.3. The summed E-state index contributed by atoms with van der Waals surface area (Å²) in [6, 6.07) is 6.84. The van der Waals surface area contributed by atoms with E-state index in [1.54, 1.807) is 30.6 Å². The zero-order chi connectivity index (χ0) is 21.1. The summed E-state index contributed by atoms with van der Waals surface area (Å²) in [6.45, 7) is 2.69. The zero-order valence-electron chi connectivity index (χ0n) is 15.8. The molecule has 0 aliphatic carbocycles. The number of amides is 1. The Labute approximate surface area is 183 Å². The number of nitrogens with two attached hydrogens (primary N) is 1. The van der Waals surface area contributed by atoms with Crippen molar-refractivity contribution in [1.82, 2.24) is 15.0 Å². The molecule has 0 unspecified atom stereocenters. The van der Waals surface area contributed by atoms with Crippen LogP contribution in [0.25, 0.3) is 11.3 Å². The Morgan fingerprint density at radius 2 is 1.97 bits per heavy atom. The van der Waals surface area contributed by atoms with E-state index in [0.717, 1.165) is 18.8 Å². The fourth-order valence-electron chi connectivity index (χ4n) is 3.14. The quantitative estimate of drug-likeness (QED) is 0.633. The van der Waals surface area contributed by atoms with Crippen LogP contribution in [-0.2, 0) is 4.74 Å². The lowest BCUT2D eigenvalue weighted by Gasteiger charge is -2.30. The lowest BCUT2D eigenvalue weighted by molar-refractivity contribution is 0.102. The number of morpholine rings is 1. The second-order valence-electron chi connectivity index (χ2n) is 6.56. The number of benzene rings is 1. The molecule has 0 radical (unpaired) electrons. The number of hydrogen-bond donors (Lipinski definition) is 2. The fourth-order valence-corrected chi connectivity index (χ4v) is 3.64. The normalized spacial score (nSPS) is 13.9. The highest BCUT2D eigenvalue weighted by Crippen LogP contribution is 2.30. The summed E-state index contributed by atoms with van der Waals surface area (Å²) in [5.41, 5.74) is 8.35. The van der Waals surface area contributed by atoms with Crippen molar-refractivity contribution in [3.8, 4) is 11.3 Å². The molecule has 0 bridgehead atoms. The van der Waals surface area contributed by atoms with Crippen LogP contribution in [-0.4, -0.2) is 47.2 Å². The van der Waals surface area contributed by atoms with Gasteiger partial charge < -0.3 is 20.7 Å². The first-order chi connectivity index (χ1) is 14.5. The second-order valence-corrected chi connectivity index (χ2v) is 7.40. The van der Waals surface area contributed by atoms with Gasteiger partial charge in [0, 0.05) is 29.9 Å². The first-order valence-electron chi connectivity index (χ1n) is 9.19. The summed E-state index contributed by atoms with van der Waals surface area (Å²) >= 11 is 12.2. The van der Waals surface area contributed by atoms with E-state index in [0.29, 0.717) is 40.2 Å². The van der Waals surface area contributed by atoms with E-state index in [1.807, 2.05) is 6.07 Å². The van der Waals surface area contributed by atoms with Crippen LogP contribution in [0.15, 0.2) is 42.9 Å². The molecular weight excluding hydrogens is 427 g/mol. The number of halogens is 2. The van der Waals surface area contributed by atoms with E-state index in [1.165, 1.54) is 6.20 Å². The number of pyridine rings is 1. The van der Waals surface area contributed by atoms with Crippen LogP contribution in [0.4, 0.5) is 17.2 Å². The minimum Gasteiger partial charge on any atom is -0.382 e. The molecule has 2 aromatic heterocycles. The number of carbonyl (C=O) groups excluding carboxylic acids is 1. The van der Waals surface area contributed by atoms with Crippen molar-refractivity contribution in [1.29, 1.82) is 0 Å². The molecule has 4 rings (SSSR count). The van der Waals surface area contributed by atoms with Gasteiger partial charge in [-0.1, -0.05) is 23.2 Å². The molecule has 3 N–H and O–H groups in total. The van der Waals surface area contributed by atoms with Crippen LogP contribution in [0, 0.1) is 0 Å². The molecule has 1 saturated heterocycles. The Hall–Kier alpha value is -2.94. The third kappa shape index (κ3) is 4.30. The van der Waals surface area contributed by atoms with Gasteiger partial charge >= 0.3 is 0 Å². The average molecular weight is 445 g/mol. The van der Waals surface area contributed by atoms with Gasteiger partial charge in [0.15, 0.2) is 11.5 Å². The summed E-state index contributed by atoms with van der Waals surface area (Å²) < 4.78 is 5.40. The molecule has 3 aromatic rings. The molecule has 1 fully saturated rings. The summed E-state index contributed by atoms with van der Waals surface area (Å²) in [4.78, 5) is 27.7. The lowest BCUT2D eigenvalue weighted by atomic mass is 10.1. The molecule has 30 heavy (non-hydrogen) atoms. The topological polar surface area (TPSA) is 106 Å². The third-order valence-corrected chi connectivity index (χ3v) is 5.17. The van der Waals surface area contributed by atoms with Crippen molar-refractivity contribution < 1.29 is 9.53 Å². The van der Waals surface area contributed by atoms with Gasteiger partial charge in [-0.15, -0.1) is 0 Å². The second kappa shape index (κ2) is 8.83. The molecule has 1 aliphatic rings. The number of carbonyl (C=O) groups is 1. The number of hydrogen-bond acceptors (Lipinski definition) is 7. The third-order valence-electron chi connectivity index (χ3n) is 4.62. The van der Waals surface area contributed by atoms with Crippen molar-refractivity contribution in [2.24, 2.45) is 0 Å². The van der Waals surface area contributed by atoms with Crippen molar-refractivity contribution in [2.45, 2.75) is 0 Å².